The fraction of sp³-hybridized carbons (Fsp3) is 0.429. The van der Waals surface area contributed by atoms with Crippen LogP contribution in [0.2, 0.25) is 0 Å². The van der Waals surface area contributed by atoms with Gasteiger partial charge in [-0.05, 0) is 43.7 Å². The molecule has 1 N–H and O–H groups in total. The van der Waals surface area contributed by atoms with Gasteiger partial charge in [-0.25, -0.2) is 0 Å². The Kier molecular flexibility index (Phi) is 3.62. The highest BCUT2D eigenvalue weighted by Gasteiger charge is 2.00. The zero-order chi connectivity index (χ0) is 11.4. The smallest absolute Gasteiger partial charge is 0.0512 e. The largest absolute Gasteiger partial charge is 0.393 e. The second-order valence-electron chi connectivity index (χ2n) is 4.41. The van der Waals surface area contributed by atoms with Crippen LogP contribution in [0.3, 0.4) is 0 Å². The van der Waals surface area contributed by atoms with E-state index >= 15 is 0 Å². The first kappa shape index (κ1) is 11.2. The van der Waals surface area contributed by atoms with E-state index in [1.165, 1.54) is 10.9 Å². The Balaban J connectivity index is 1.94. The standard InChI is InChI=1S/C14H19NO/c1-12(16)6-4-5-10-15-11-9-13-7-2-3-8-14(13)15/h2-3,7-9,11-12,16H,4-6,10H2,1H3/t12-/m0/s1. The number of rotatable bonds is 5. The Bertz CT molecular complexity index is 445. The summed E-state index contributed by atoms with van der Waals surface area (Å²) in [4.78, 5) is 0. The quantitative estimate of drug-likeness (QED) is 0.764. The van der Waals surface area contributed by atoms with Crippen LogP contribution in [0, 0.1) is 0 Å². The second-order valence-corrected chi connectivity index (χ2v) is 4.41. The topological polar surface area (TPSA) is 25.2 Å². The zero-order valence-electron chi connectivity index (χ0n) is 9.76. The van der Waals surface area contributed by atoms with Crippen molar-refractivity contribution in [1.29, 1.82) is 0 Å². The van der Waals surface area contributed by atoms with Gasteiger partial charge in [0.2, 0.25) is 0 Å². The molecule has 2 aromatic rings. The molecule has 1 atom stereocenters. The molecule has 1 aromatic carbocycles. The van der Waals surface area contributed by atoms with E-state index in [-0.39, 0.29) is 6.10 Å². The summed E-state index contributed by atoms with van der Waals surface area (Å²) in [6.45, 7) is 2.89. The number of benzene rings is 1. The SMILES string of the molecule is C[C@H](O)CCCCn1ccc2ccccc21. The molecule has 1 heterocycles. The number of unbranched alkanes of at least 4 members (excludes halogenated alkanes) is 1. The molecule has 0 saturated heterocycles. The van der Waals surface area contributed by atoms with Gasteiger partial charge in [-0.15, -0.1) is 0 Å². The van der Waals surface area contributed by atoms with Crippen molar-refractivity contribution < 1.29 is 5.11 Å². The van der Waals surface area contributed by atoms with Crippen LogP contribution < -0.4 is 0 Å². The number of hydrogen-bond donors (Lipinski definition) is 1. The van der Waals surface area contributed by atoms with Crippen molar-refractivity contribution in [3.63, 3.8) is 0 Å². The number of aryl methyl sites for hydroxylation is 1. The van der Waals surface area contributed by atoms with Crippen molar-refractivity contribution >= 4 is 10.9 Å². The van der Waals surface area contributed by atoms with Crippen LogP contribution in [-0.4, -0.2) is 15.8 Å². The molecule has 0 aliphatic rings. The predicted octanol–water partition coefficient (Wildman–Crippen LogP) is 3.19. The first-order valence-corrected chi connectivity index (χ1v) is 5.99. The Morgan fingerprint density at radius 3 is 2.81 bits per heavy atom. The van der Waals surface area contributed by atoms with Crippen molar-refractivity contribution in [2.45, 2.75) is 38.8 Å². The highest BCUT2D eigenvalue weighted by atomic mass is 16.3. The molecule has 0 bridgehead atoms. The second kappa shape index (κ2) is 5.17. The number of hydrogen-bond acceptors (Lipinski definition) is 1. The maximum absolute atomic E-state index is 9.17. The first-order valence-electron chi connectivity index (χ1n) is 5.99. The van der Waals surface area contributed by atoms with E-state index in [1.54, 1.807) is 0 Å². The zero-order valence-corrected chi connectivity index (χ0v) is 9.76. The Morgan fingerprint density at radius 1 is 1.19 bits per heavy atom. The molecule has 0 amide bonds. The third-order valence-electron chi connectivity index (χ3n) is 2.95. The van der Waals surface area contributed by atoms with Crippen LogP contribution in [0.25, 0.3) is 10.9 Å². The number of aromatic nitrogens is 1. The summed E-state index contributed by atoms with van der Waals surface area (Å²) in [6, 6.07) is 10.6. The maximum atomic E-state index is 9.17. The summed E-state index contributed by atoms with van der Waals surface area (Å²) in [5.74, 6) is 0. The van der Waals surface area contributed by atoms with E-state index in [9.17, 15) is 5.11 Å². The summed E-state index contributed by atoms with van der Waals surface area (Å²) in [6.07, 6.45) is 5.10. The minimum atomic E-state index is -0.165. The molecule has 0 aliphatic heterocycles. The summed E-state index contributed by atoms with van der Waals surface area (Å²) in [5.41, 5.74) is 1.31. The molecule has 0 saturated carbocycles. The van der Waals surface area contributed by atoms with Crippen LogP contribution in [-0.2, 0) is 6.54 Å². The van der Waals surface area contributed by atoms with Crippen molar-refractivity contribution in [2.75, 3.05) is 0 Å². The number of aliphatic hydroxyl groups is 1. The molecule has 0 unspecified atom stereocenters. The average Bonchev–Trinajstić information content (AvgIpc) is 2.68. The molecule has 2 nitrogen and oxygen atoms in total. The minimum Gasteiger partial charge on any atom is -0.393 e. The van der Waals surface area contributed by atoms with Gasteiger partial charge in [-0.3, -0.25) is 0 Å². The molecule has 1 aromatic heterocycles. The van der Waals surface area contributed by atoms with E-state index in [0.717, 1.165) is 25.8 Å². The van der Waals surface area contributed by atoms with E-state index in [4.69, 9.17) is 0 Å². The lowest BCUT2D eigenvalue weighted by atomic mass is 10.2. The lowest BCUT2D eigenvalue weighted by Crippen LogP contribution is -2.01. The fourth-order valence-corrected chi connectivity index (χ4v) is 2.06. The summed E-state index contributed by atoms with van der Waals surface area (Å²) in [5, 5.41) is 10.5. The molecule has 16 heavy (non-hydrogen) atoms. The molecule has 0 spiro atoms. The van der Waals surface area contributed by atoms with E-state index in [0.29, 0.717) is 0 Å². The monoisotopic (exact) mass is 217 g/mol. The Morgan fingerprint density at radius 2 is 2.00 bits per heavy atom. The lowest BCUT2D eigenvalue weighted by molar-refractivity contribution is 0.180. The summed E-state index contributed by atoms with van der Waals surface area (Å²) < 4.78 is 2.29. The first-order chi connectivity index (χ1) is 7.77. The molecular weight excluding hydrogens is 198 g/mol. The van der Waals surface area contributed by atoms with Crippen LogP contribution in [0.15, 0.2) is 36.5 Å². The van der Waals surface area contributed by atoms with Gasteiger partial charge in [-0.2, -0.15) is 0 Å². The van der Waals surface area contributed by atoms with Gasteiger partial charge in [0.05, 0.1) is 6.10 Å². The van der Waals surface area contributed by atoms with Gasteiger partial charge in [0.25, 0.3) is 0 Å². The van der Waals surface area contributed by atoms with Crippen molar-refractivity contribution in [1.82, 2.24) is 4.57 Å². The van der Waals surface area contributed by atoms with Gasteiger partial charge >= 0.3 is 0 Å². The van der Waals surface area contributed by atoms with Gasteiger partial charge < -0.3 is 9.67 Å². The molecule has 0 radical (unpaired) electrons. The van der Waals surface area contributed by atoms with Gasteiger partial charge in [0.15, 0.2) is 0 Å². The Labute approximate surface area is 96.5 Å². The number of para-hydroxylation sites is 1. The van der Waals surface area contributed by atoms with E-state index < -0.39 is 0 Å². The van der Waals surface area contributed by atoms with Gasteiger partial charge in [0, 0.05) is 18.3 Å². The van der Waals surface area contributed by atoms with Crippen LogP contribution in [0.4, 0.5) is 0 Å². The van der Waals surface area contributed by atoms with E-state index in [2.05, 4.69) is 41.1 Å². The number of fused-ring (bicyclic) bond motifs is 1. The molecule has 2 rings (SSSR count). The van der Waals surface area contributed by atoms with Crippen molar-refractivity contribution in [3.8, 4) is 0 Å². The van der Waals surface area contributed by atoms with Crippen molar-refractivity contribution in [2.24, 2.45) is 0 Å². The molecule has 0 fully saturated rings. The number of nitrogens with zero attached hydrogens (tertiary/aromatic N) is 1. The molecule has 86 valence electrons. The number of aliphatic hydroxyl groups excluding tert-OH is 1. The highest BCUT2D eigenvalue weighted by Crippen LogP contribution is 2.16. The fourth-order valence-electron chi connectivity index (χ4n) is 2.06. The van der Waals surface area contributed by atoms with Crippen LogP contribution >= 0.6 is 0 Å². The van der Waals surface area contributed by atoms with Gasteiger partial charge in [-0.1, -0.05) is 18.2 Å². The lowest BCUT2D eigenvalue weighted by Gasteiger charge is -2.06. The third kappa shape index (κ3) is 2.64. The maximum Gasteiger partial charge on any atom is 0.0512 e. The van der Waals surface area contributed by atoms with E-state index in [1.807, 2.05) is 6.92 Å². The van der Waals surface area contributed by atoms with Crippen molar-refractivity contribution in [3.05, 3.63) is 36.5 Å². The molecular formula is C14H19NO. The predicted molar refractivity (Wildman–Crippen MR) is 67.5 cm³/mol. The summed E-state index contributed by atoms with van der Waals surface area (Å²) >= 11 is 0. The summed E-state index contributed by atoms with van der Waals surface area (Å²) in [7, 11) is 0. The van der Waals surface area contributed by atoms with Crippen LogP contribution in [0.5, 0.6) is 0 Å². The minimum absolute atomic E-state index is 0.165. The van der Waals surface area contributed by atoms with Crippen LogP contribution in [0.1, 0.15) is 26.2 Å². The average molecular weight is 217 g/mol. The normalized spacial score (nSPS) is 13.1. The van der Waals surface area contributed by atoms with Gasteiger partial charge in [0.1, 0.15) is 0 Å². The molecule has 0 aliphatic carbocycles. The highest BCUT2D eigenvalue weighted by molar-refractivity contribution is 5.79. The third-order valence-corrected chi connectivity index (χ3v) is 2.95. The Hall–Kier alpha value is -1.28. The molecule has 2 heteroatoms.